The fourth-order valence-electron chi connectivity index (χ4n) is 0.192. The Bertz CT molecular complexity index is 80.5. The molecule has 0 saturated heterocycles. The highest BCUT2D eigenvalue weighted by Crippen LogP contribution is 2.10. The molecule has 48 valence electrons. The van der Waals surface area contributed by atoms with E-state index in [1.807, 2.05) is 6.92 Å². The summed E-state index contributed by atoms with van der Waals surface area (Å²) >= 11 is 5.53. The number of hydrogen-bond acceptors (Lipinski definition) is 1. The zero-order chi connectivity index (χ0) is 6.62. The Morgan fingerprint density at radius 1 is 2.00 bits per heavy atom. The van der Waals surface area contributed by atoms with Gasteiger partial charge >= 0.3 is 0 Å². The van der Waals surface area contributed by atoms with Crippen molar-refractivity contribution in [1.29, 1.82) is 0 Å². The fourth-order valence-corrected chi connectivity index (χ4v) is 0.905. The summed E-state index contributed by atoms with van der Waals surface area (Å²) in [4.78, 5) is 0. The van der Waals surface area contributed by atoms with Crippen LogP contribution in [0.15, 0.2) is 12.7 Å². The smallest absolute Gasteiger partial charge is 0.147 e. The predicted octanol–water partition coefficient (Wildman–Crippen LogP) is 0.467. The first-order valence-corrected chi connectivity index (χ1v) is 3.78. The molecule has 1 nitrogen and oxygen atoms in total. The van der Waals surface area contributed by atoms with E-state index in [0.29, 0.717) is 16.4 Å². The zero-order valence-electron chi connectivity index (χ0n) is 5.28. The Morgan fingerprint density at radius 3 is 2.50 bits per heavy atom. The molecule has 0 aromatic carbocycles. The molecule has 0 aliphatic heterocycles. The maximum atomic E-state index is 5.53. The van der Waals surface area contributed by atoms with E-state index in [0.717, 1.165) is 0 Å². The Labute approximate surface area is 58.2 Å². The Morgan fingerprint density at radius 2 is 2.50 bits per heavy atom. The molecular weight excluding hydrogens is 140 g/mol. The van der Waals surface area contributed by atoms with Gasteiger partial charge < -0.3 is 4.43 Å². The molecule has 0 aliphatic rings. The minimum absolute atomic E-state index is 0.284. The molecule has 0 aromatic rings. The zero-order valence-corrected chi connectivity index (χ0v) is 8.03. The molecule has 0 spiro atoms. The van der Waals surface area contributed by atoms with E-state index in [4.69, 9.17) is 16.0 Å². The van der Waals surface area contributed by atoms with Gasteiger partial charge in [-0.25, -0.2) is 0 Å². The first-order chi connectivity index (χ1) is 3.68. The van der Waals surface area contributed by atoms with E-state index in [2.05, 4.69) is 6.58 Å². The summed E-state index contributed by atoms with van der Waals surface area (Å²) < 4.78 is 5.12. The summed E-state index contributed by atoms with van der Waals surface area (Å²) in [7, 11) is 0.710. The van der Waals surface area contributed by atoms with Crippen LogP contribution in [0.1, 0.15) is 6.92 Å². The maximum absolute atomic E-state index is 5.53. The largest absolute Gasteiger partial charge is 0.418 e. The minimum Gasteiger partial charge on any atom is -0.418 e. The predicted molar refractivity (Wildman–Crippen MR) is 40.3 cm³/mol. The monoisotopic (exact) mass is 150 g/mol. The van der Waals surface area contributed by atoms with Crippen LogP contribution in [-0.2, 0) is 4.43 Å². The fraction of sp³-hybridized carbons (Fsp3) is 0.600. The summed E-state index contributed by atoms with van der Waals surface area (Å²) in [5.74, 6) is 0.486. The molecular formula is C5H11ClOSi. The van der Waals surface area contributed by atoms with Gasteiger partial charge in [-0.05, 0) is 6.92 Å². The minimum atomic E-state index is -0.284. The van der Waals surface area contributed by atoms with Crippen molar-refractivity contribution in [2.45, 2.75) is 12.5 Å². The van der Waals surface area contributed by atoms with E-state index in [9.17, 15) is 0 Å². The lowest BCUT2D eigenvalue weighted by Gasteiger charge is -2.20. The first kappa shape index (κ1) is 8.21. The molecule has 0 rings (SSSR count). The van der Waals surface area contributed by atoms with Gasteiger partial charge in [-0.3, -0.25) is 0 Å². The molecule has 0 aromatic heterocycles. The summed E-state index contributed by atoms with van der Waals surface area (Å²) in [6, 6.07) is 0. The normalized spacial score (nSPS) is 17.8. The van der Waals surface area contributed by atoms with Crippen LogP contribution in [0.2, 0.25) is 0 Å². The van der Waals surface area contributed by atoms with Crippen molar-refractivity contribution in [2.75, 3.05) is 5.88 Å². The van der Waals surface area contributed by atoms with Crippen molar-refractivity contribution in [3.8, 4) is 0 Å². The molecule has 0 fully saturated rings. The van der Waals surface area contributed by atoms with E-state index in [1.165, 1.54) is 0 Å². The highest BCUT2D eigenvalue weighted by Gasteiger charge is 2.15. The Kier molecular flexibility index (Phi) is 3.36. The van der Waals surface area contributed by atoms with E-state index >= 15 is 0 Å². The average Bonchev–Trinajstić information content (AvgIpc) is 1.87. The lowest BCUT2D eigenvalue weighted by Crippen LogP contribution is -2.26. The summed E-state index contributed by atoms with van der Waals surface area (Å²) in [5.41, 5.74) is -0.284. The van der Waals surface area contributed by atoms with Crippen molar-refractivity contribution in [3.05, 3.63) is 12.7 Å². The summed E-state index contributed by atoms with van der Waals surface area (Å²) in [5, 5.41) is 0. The SMILES string of the molecule is C=CC(C)(CCl)O[SiH3]. The van der Waals surface area contributed by atoms with E-state index in [-0.39, 0.29) is 5.60 Å². The molecule has 8 heavy (non-hydrogen) atoms. The van der Waals surface area contributed by atoms with Gasteiger partial charge in [-0.1, -0.05) is 6.08 Å². The van der Waals surface area contributed by atoms with Crippen LogP contribution < -0.4 is 0 Å². The van der Waals surface area contributed by atoms with Gasteiger partial charge in [0, 0.05) is 0 Å². The standard InChI is InChI=1S/C5H11ClOSi/c1-3-5(2,4-6)7-8/h3H,1,4H2,2,8H3. The van der Waals surface area contributed by atoms with Crippen molar-refractivity contribution >= 4 is 22.1 Å². The van der Waals surface area contributed by atoms with Crippen LogP contribution in [0.4, 0.5) is 0 Å². The number of rotatable bonds is 3. The second-order valence-corrected chi connectivity index (χ2v) is 2.53. The topological polar surface area (TPSA) is 9.23 Å². The molecule has 0 heterocycles. The third-order valence-electron chi connectivity index (χ3n) is 1.16. The van der Waals surface area contributed by atoms with Crippen molar-refractivity contribution in [3.63, 3.8) is 0 Å². The number of hydrogen-bond donors (Lipinski definition) is 0. The van der Waals surface area contributed by atoms with E-state index < -0.39 is 0 Å². The van der Waals surface area contributed by atoms with Gasteiger partial charge in [0.15, 0.2) is 0 Å². The molecule has 0 saturated carbocycles. The van der Waals surface area contributed by atoms with Crippen LogP contribution in [0.25, 0.3) is 0 Å². The van der Waals surface area contributed by atoms with Gasteiger partial charge in [-0.15, -0.1) is 18.2 Å². The van der Waals surface area contributed by atoms with Gasteiger partial charge in [0.05, 0.1) is 11.5 Å². The molecule has 0 aliphatic carbocycles. The molecule has 0 radical (unpaired) electrons. The number of alkyl halides is 1. The van der Waals surface area contributed by atoms with Crippen LogP contribution in [0.3, 0.4) is 0 Å². The van der Waals surface area contributed by atoms with Crippen LogP contribution in [0.5, 0.6) is 0 Å². The molecule has 1 unspecified atom stereocenters. The highest BCUT2D eigenvalue weighted by atomic mass is 35.5. The van der Waals surface area contributed by atoms with Gasteiger partial charge in [0.1, 0.15) is 10.5 Å². The van der Waals surface area contributed by atoms with Crippen molar-refractivity contribution in [1.82, 2.24) is 0 Å². The van der Waals surface area contributed by atoms with Crippen molar-refractivity contribution in [2.24, 2.45) is 0 Å². The molecule has 0 N–H and O–H groups in total. The highest BCUT2D eigenvalue weighted by molar-refractivity contribution is 6.19. The second-order valence-electron chi connectivity index (χ2n) is 1.85. The quantitative estimate of drug-likeness (QED) is 0.323. The maximum Gasteiger partial charge on any atom is 0.147 e. The molecule has 3 heteroatoms. The third kappa shape index (κ3) is 1.99. The van der Waals surface area contributed by atoms with Gasteiger partial charge in [0.25, 0.3) is 0 Å². The third-order valence-corrected chi connectivity index (χ3v) is 2.63. The van der Waals surface area contributed by atoms with E-state index in [1.54, 1.807) is 6.08 Å². The average molecular weight is 151 g/mol. The first-order valence-electron chi connectivity index (χ1n) is 2.43. The van der Waals surface area contributed by atoms with Crippen LogP contribution >= 0.6 is 11.6 Å². The molecule has 0 bridgehead atoms. The molecule has 1 atom stereocenters. The second kappa shape index (κ2) is 3.28. The summed E-state index contributed by atoms with van der Waals surface area (Å²) in [6.07, 6.45) is 1.73. The molecule has 0 amide bonds. The van der Waals surface area contributed by atoms with Gasteiger partial charge in [-0.2, -0.15) is 0 Å². The van der Waals surface area contributed by atoms with Crippen molar-refractivity contribution < 1.29 is 4.43 Å². The lowest BCUT2D eigenvalue weighted by atomic mass is 10.1. The Balaban J connectivity index is 3.76. The van der Waals surface area contributed by atoms with Crippen LogP contribution in [0, 0.1) is 0 Å². The Hall–Kier alpha value is 0.207. The lowest BCUT2D eigenvalue weighted by molar-refractivity contribution is 0.184. The van der Waals surface area contributed by atoms with Crippen LogP contribution in [-0.4, -0.2) is 22.0 Å². The van der Waals surface area contributed by atoms with Gasteiger partial charge in [0.2, 0.25) is 0 Å². The summed E-state index contributed by atoms with van der Waals surface area (Å²) in [6.45, 7) is 5.50. The number of halogens is 1.